The SMILES string of the molecule is CC(C)CC1COC(c2ncn3c2Cc2cnoc2-c2cc(Cl)ccc2-3)=N1. The molecular weight excluding hydrogens is 364 g/mol. The maximum absolute atomic E-state index is 6.23. The van der Waals surface area contributed by atoms with Crippen molar-refractivity contribution in [2.75, 3.05) is 6.61 Å². The molecule has 0 amide bonds. The summed E-state index contributed by atoms with van der Waals surface area (Å²) in [5, 5.41) is 4.65. The lowest BCUT2D eigenvalue weighted by Gasteiger charge is -2.09. The van der Waals surface area contributed by atoms with E-state index in [9.17, 15) is 0 Å². The van der Waals surface area contributed by atoms with E-state index in [0.717, 1.165) is 40.4 Å². The van der Waals surface area contributed by atoms with Gasteiger partial charge in [-0.2, -0.15) is 0 Å². The van der Waals surface area contributed by atoms with E-state index < -0.39 is 0 Å². The van der Waals surface area contributed by atoms with Gasteiger partial charge in [0.1, 0.15) is 18.6 Å². The molecule has 0 N–H and O–H groups in total. The molecule has 4 heterocycles. The van der Waals surface area contributed by atoms with E-state index in [-0.39, 0.29) is 6.04 Å². The molecule has 0 saturated carbocycles. The smallest absolute Gasteiger partial charge is 0.237 e. The second-order valence-corrected chi connectivity index (χ2v) is 7.89. The monoisotopic (exact) mass is 382 g/mol. The number of benzene rings is 1. The summed E-state index contributed by atoms with van der Waals surface area (Å²) in [4.78, 5) is 9.42. The van der Waals surface area contributed by atoms with Crippen LogP contribution in [-0.4, -0.2) is 33.3 Å². The second kappa shape index (κ2) is 6.23. The minimum atomic E-state index is 0.195. The van der Waals surface area contributed by atoms with Crippen LogP contribution in [0.2, 0.25) is 5.02 Å². The number of aromatic nitrogens is 3. The Morgan fingerprint density at radius 1 is 1.33 bits per heavy atom. The molecule has 2 aromatic heterocycles. The quantitative estimate of drug-likeness (QED) is 0.530. The first-order valence-electron chi connectivity index (χ1n) is 9.11. The number of rotatable bonds is 3. The molecule has 2 aliphatic rings. The van der Waals surface area contributed by atoms with E-state index in [2.05, 4.69) is 28.6 Å². The molecule has 0 radical (unpaired) electrons. The topological polar surface area (TPSA) is 65.4 Å². The lowest BCUT2D eigenvalue weighted by atomic mass is 10.1. The van der Waals surface area contributed by atoms with Gasteiger partial charge in [0, 0.05) is 22.6 Å². The number of hydrogen-bond acceptors (Lipinski definition) is 5. The Kier molecular flexibility index (Phi) is 3.82. The molecular formula is C20H19ClN4O2. The van der Waals surface area contributed by atoms with Gasteiger partial charge in [0.05, 0.1) is 23.6 Å². The molecule has 6 nitrogen and oxygen atoms in total. The van der Waals surface area contributed by atoms with Gasteiger partial charge in [0.25, 0.3) is 0 Å². The Morgan fingerprint density at radius 2 is 2.22 bits per heavy atom. The summed E-state index contributed by atoms with van der Waals surface area (Å²) in [5.41, 5.74) is 4.67. The highest BCUT2D eigenvalue weighted by Gasteiger charge is 2.30. The van der Waals surface area contributed by atoms with Crippen molar-refractivity contribution in [3.63, 3.8) is 0 Å². The van der Waals surface area contributed by atoms with Crippen molar-refractivity contribution < 1.29 is 9.26 Å². The van der Waals surface area contributed by atoms with Gasteiger partial charge in [-0.05, 0) is 30.5 Å². The van der Waals surface area contributed by atoms with Crippen LogP contribution in [0.1, 0.15) is 37.2 Å². The fourth-order valence-corrected chi connectivity index (χ4v) is 4.00. The first-order valence-corrected chi connectivity index (χ1v) is 9.49. The van der Waals surface area contributed by atoms with Crippen LogP contribution in [0.3, 0.4) is 0 Å². The molecule has 0 bridgehead atoms. The van der Waals surface area contributed by atoms with Crippen molar-refractivity contribution in [3.8, 4) is 17.0 Å². The first kappa shape index (κ1) is 16.6. The lowest BCUT2D eigenvalue weighted by Crippen LogP contribution is -2.09. The largest absolute Gasteiger partial charge is 0.474 e. The molecule has 1 atom stereocenters. The third kappa shape index (κ3) is 2.75. The van der Waals surface area contributed by atoms with Gasteiger partial charge in [-0.1, -0.05) is 30.6 Å². The van der Waals surface area contributed by atoms with Crippen LogP contribution in [0.5, 0.6) is 0 Å². The second-order valence-electron chi connectivity index (χ2n) is 7.46. The van der Waals surface area contributed by atoms with Crippen LogP contribution in [0, 0.1) is 5.92 Å². The number of fused-ring (bicyclic) bond motifs is 5. The van der Waals surface area contributed by atoms with Gasteiger partial charge in [0.2, 0.25) is 5.90 Å². The minimum absolute atomic E-state index is 0.195. The normalized spacial score (nSPS) is 17.8. The summed E-state index contributed by atoms with van der Waals surface area (Å²) in [6.45, 7) is 5.02. The zero-order chi connectivity index (χ0) is 18.5. The highest BCUT2D eigenvalue weighted by molar-refractivity contribution is 6.31. The van der Waals surface area contributed by atoms with E-state index in [4.69, 9.17) is 25.9 Å². The highest BCUT2D eigenvalue weighted by Crippen LogP contribution is 2.37. The maximum atomic E-state index is 6.23. The van der Waals surface area contributed by atoms with Crippen molar-refractivity contribution in [1.82, 2.24) is 14.7 Å². The fraction of sp³-hybridized carbons (Fsp3) is 0.350. The number of ether oxygens (including phenoxy) is 1. The number of aliphatic imine (C=N–C) groups is 1. The standard InChI is InChI=1S/C20H19ClN4O2/c1-11(2)5-14-9-26-20(24-14)18-17-6-12-8-23-27-19(12)15-7-13(21)3-4-16(15)25(17)10-22-18/h3-4,7-8,10-11,14H,5-6,9H2,1-2H3. The van der Waals surface area contributed by atoms with E-state index in [1.54, 1.807) is 6.20 Å². The Labute approximate surface area is 161 Å². The fourth-order valence-electron chi connectivity index (χ4n) is 3.83. The van der Waals surface area contributed by atoms with Crippen molar-refractivity contribution in [3.05, 3.63) is 52.7 Å². The van der Waals surface area contributed by atoms with Crippen LogP contribution in [0.4, 0.5) is 0 Å². The third-order valence-electron chi connectivity index (χ3n) is 4.99. The molecule has 0 spiro atoms. The summed E-state index contributed by atoms with van der Waals surface area (Å²) in [7, 11) is 0. The maximum Gasteiger partial charge on any atom is 0.237 e. The van der Waals surface area contributed by atoms with E-state index in [1.807, 2.05) is 24.5 Å². The van der Waals surface area contributed by atoms with Gasteiger partial charge in [-0.15, -0.1) is 0 Å². The summed E-state index contributed by atoms with van der Waals surface area (Å²) in [5.74, 6) is 1.95. The Bertz CT molecular complexity index is 1050. The molecule has 2 aliphatic heterocycles. The third-order valence-corrected chi connectivity index (χ3v) is 5.22. The molecule has 5 rings (SSSR count). The van der Waals surface area contributed by atoms with Crippen LogP contribution < -0.4 is 0 Å². The first-order chi connectivity index (χ1) is 13.1. The lowest BCUT2D eigenvalue weighted by molar-refractivity contribution is 0.301. The van der Waals surface area contributed by atoms with Crippen molar-refractivity contribution in [1.29, 1.82) is 0 Å². The van der Waals surface area contributed by atoms with Crippen LogP contribution in [0.15, 0.2) is 40.2 Å². The Balaban J connectivity index is 1.63. The molecule has 27 heavy (non-hydrogen) atoms. The highest BCUT2D eigenvalue weighted by atomic mass is 35.5. The number of hydrogen-bond donors (Lipinski definition) is 0. The Hall–Kier alpha value is -2.60. The molecule has 7 heteroatoms. The van der Waals surface area contributed by atoms with E-state index in [1.165, 1.54) is 0 Å². The number of nitrogens with zero attached hydrogens (tertiary/aromatic N) is 4. The van der Waals surface area contributed by atoms with Gasteiger partial charge in [-0.3, -0.25) is 0 Å². The Morgan fingerprint density at radius 3 is 3.07 bits per heavy atom. The van der Waals surface area contributed by atoms with Crippen LogP contribution in [-0.2, 0) is 11.2 Å². The molecule has 1 aromatic carbocycles. The molecule has 0 fully saturated rings. The molecule has 0 saturated heterocycles. The summed E-state index contributed by atoms with van der Waals surface area (Å²) in [6, 6.07) is 5.94. The average Bonchev–Trinajstić information content (AvgIpc) is 3.34. The average molecular weight is 383 g/mol. The molecule has 1 unspecified atom stereocenters. The predicted octanol–water partition coefficient (Wildman–Crippen LogP) is 4.28. The van der Waals surface area contributed by atoms with Gasteiger partial charge >= 0.3 is 0 Å². The number of imidazole rings is 1. The van der Waals surface area contributed by atoms with Gasteiger partial charge in [-0.25, -0.2) is 9.98 Å². The van der Waals surface area contributed by atoms with Crippen LogP contribution >= 0.6 is 11.6 Å². The number of halogens is 1. The molecule has 138 valence electrons. The predicted molar refractivity (Wildman–Crippen MR) is 103 cm³/mol. The summed E-state index contributed by atoms with van der Waals surface area (Å²) >= 11 is 6.23. The van der Waals surface area contributed by atoms with Gasteiger partial charge in [0.15, 0.2) is 5.76 Å². The van der Waals surface area contributed by atoms with Gasteiger partial charge < -0.3 is 13.8 Å². The molecule has 3 aromatic rings. The van der Waals surface area contributed by atoms with E-state index >= 15 is 0 Å². The zero-order valence-corrected chi connectivity index (χ0v) is 15.9. The summed E-state index contributed by atoms with van der Waals surface area (Å²) < 4.78 is 13.5. The van der Waals surface area contributed by atoms with Crippen molar-refractivity contribution in [2.45, 2.75) is 32.7 Å². The minimum Gasteiger partial charge on any atom is -0.474 e. The van der Waals surface area contributed by atoms with E-state index in [0.29, 0.717) is 29.9 Å². The summed E-state index contributed by atoms with van der Waals surface area (Å²) in [6.07, 6.45) is 5.22. The zero-order valence-electron chi connectivity index (χ0n) is 15.1. The van der Waals surface area contributed by atoms with Crippen molar-refractivity contribution in [2.24, 2.45) is 10.9 Å². The molecule has 0 aliphatic carbocycles. The van der Waals surface area contributed by atoms with Crippen LogP contribution in [0.25, 0.3) is 17.0 Å². The van der Waals surface area contributed by atoms with Crippen molar-refractivity contribution >= 4 is 17.5 Å².